The highest BCUT2D eigenvalue weighted by Crippen LogP contribution is 2.16. The molecule has 0 saturated heterocycles. The molecule has 0 unspecified atom stereocenters. The highest BCUT2D eigenvalue weighted by molar-refractivity contribution is 5.78. The molecule has 3 nitrogen and oxygen atoms in total. The summed E-state index contributed by atoms with van der Waals surface area (Å²) in [5.41, 5.74) is 4.46. The normalized spacial score (nSPS) is 11.8. The summed E-state index contributed by atoms with van der Waals surface area (Å²) in [5, 5.41) is 0. The van der Waals surface area contributed by atoms with E-state index in [9.17, 15) is 0 Å². The fourth-order valence-corrected chi connectivity index (χ4v) is 2.04. The molecule has 0 N–H and O–H groups in total. The molecule has 0 bridgehead atoms. The van der Waals surface area contributed by atoms with E-state index in [4.69, 9.17) is 0 Å². The van der Waals surface area contributed by atoms with Crippen molar-refractivity contribution in [1.82, 2.24) is 14.5 Å². The van der Waals surface area contributed by atoms with Crippen molar-refractivity contribution in [2.75, 3.05) is 20.1 Å². The van der Waals surface area contributed by atoms with Crippen molar-refractivity contribution in [2.45, 2.75) is 20.4 Å². The van der Waals surface area contributed by atoms with Gasteiger partial charge in [0.15, 0.2) is 0 Å². The molecule has 0 radical (unpaired) electrons. The van der Waals surface area contributed by atoms with Crippen molar-refractivity contribution in [3.05, 3.63) is 48.3 Å². The van der Waals surface area contributed by atoms with E-state index < -0.39 is 0 Å². The first-order chi connectivity index (χ1) is 9.60. The number of benzene rings is 1. The molecule has 0 aliphatic rings. The first-order valence-electron chi connectivity index (χ1n) is 7.07. The summed E-state index contributed by atoms with van der Waals surface area (Å²) in [7, 11) is 2.14. The van der Waals surface area contributed by atoms with Gasteiger partial charge in [-0.1, -0.05) is 37.3 Å². The highest BCUT2D eigenvalue weighted by atomic mass is 15.1. The topological polar surface area (TPSA) is 21.1 Å². The lowest BCUT2D eigenvalue weighted by atomic mass is 10.1. The van der Waals surface area contributed by atoms with Crippen LogP contribution < -0.4 is 0 Å². The molecule has 20 heavy (non-hydrogen) atoms. The average Bonchev–Trinajstić information content (AvgIpc) is 2.84. The van der Waals surface area contributed by atoms with E-state index in [0.717, 1.165) is 36.3 Å². The van der Waals surface area contributed by atoms with E-state index in [1.54, 1.807) is 0 Å². The molecule has 2 aromatic rings. The van der Waals surface area contributed by atoms with Crippen LogP contribution >= 0.6 is 0 Å². The van der Waals surface area contributed by atoms with Crippen LogP contribution in [0.2, 0.25) is 0 Å². The SMILES string of the molecule is C=C(C)/C=C/c1ccc2c(c1)ncn2CCN(C)CC. The number of allylic oxidation sites excluding steroid dienone is 2. The van der Waals surface area contributed by atoms with Crippen LogP contribution in [0.3, 0.4) is 0 Å². The Bertz CT molecular complexity index is 622. The standard InChI is InChI=1S/C17H23N3/c1-5-19(4)10-11-20-13-18-16-12-15(7-6-14(2)3)8-9-17(16)20/h6-9,12-13H,2,5,10-11H2,1,3-4H3/b7-6+. The Morgan fingerprint density at radius 3 is 2.95 bits per heavy atom. The Labute approximate surface area is 121 Å². The molecule has 1 aromatic carbocycles. The second-order valence-corrected chi connectivity index (χ2v) is 5.26. The third-order valence-corrected chi connectivity index (χ3v) is 3.47. The summed E-state index contributed by atoms with van der Waals surface area (Å²) in [5.74, 6) is 0. The van der Waals surface area contributed by atoms with Gasteiger partial charge in [0.05, 0.1) is 17.4 Å². The van der Waals surface area contributed by atoms with E-state index >= 15 is 0 Å². The Kier molecular flexibility index (Phi) is 4.74. The molecule has 0 amide bonds. The molecule has 1 heterocycles. The van der Waals surface area contributed by atoms with Gasteiger partial charge in [0.25, 0.3) is 0 Å². The molecule has 106 valence electrons. The van der Waals surface area contributed by atoms with Crippen molar-refractivity contribution in [3.8, 4) is 0 Å². The van der Waals surface area contributed by atoms with Crippen molar-refractivity contribution in [1.29, 1.82) is 0 Å². The van der Waals surface area contributed by atoms with E-state index in [0.29, 0.717) is 0 Å². The third-order valence-electron chi connectivity index (χ3n) is 3.47. The van der Waals surface area contributed by atoms with Crippen molar-refractivity contribution in [2.24, 2.45) is 0 Å². The van der Waals surface area contributed by atoms with Gasteiger partial charge < -0.3 is 9.47 Å². The van der Waals surface area contributed by atoms with Gasteiger partial charge in [-0.15, -0.1) is 0 Å². The van der Waals surface area contributed by atoms with Crippen LogP contribution in [-0.2, 0) is 6.54 Å². The second-order valence-electron chi connectivity index (χ2n) is 5.26. The lowest BCUT2D eigenvalue weighted by molar-refractivity contribution is 0.337. The number of nitrogens with zero attached hydrogens (tertiary/aromatic N) is 3. The van der Waals surface area contributed by atoms with Crippen LogP contribution in [0.15, 0.2) is 42.8 Å². The Balaban J connectivity index is 2.18. The van der Waals surface area contributed by atoms with Gasteiger partial charge in [-0.2, -0.15) is 0 Å². The first kappa shape index (κ1) is 14.5. The van der Waals surface area contributed by atoms with Gasteiger partial charge in [0.2, 0.25) is 0 Å². The maximum Gasteiger partial charge on any atom is 0.0958 e. The average molecular weight is 269 g/mol. The number of likely N-dealkylation sites (N-methyl/N-ethyl adjacent to an activating group) is 1. The Morgan fingerprint density at radius 1 is 1.45 bits per heavy atom. The van der Waals surface area contributed by atoms with Gasteiger partial charge in [-0.3, -0.25) is 0 Å². The van der Waals surface area contributed by atoms with Crippen LogP contribution in [-0.4, -0.2) is 34.6 Å². The monoisotopic (exact) mass is 269 g/mol. The highest BCUT2D eigenvalue weighted by Gasteiger charge is 2.03. The molecule has 2 rings (SSSR count). The van der Waals surface area contributed by atoms with E-state index in [-0.39, 0.29) is 0 Å². The second kappa shape index (κ2) is 6.53. The minimum atomic E-state index is 0.974. The number of hydrogen-bond donors (Lipinski definition) is 0. The summed E-state index contributed by atoms with van der Waals surface area (Å²) in [6.07, 6.45) is 6.03. The lowest BCUT2D eigenvalue weighted by Crippen LogP contribution is -2.22. The number of imidazole rings is 1. The molecule has 3 heteroatoms. The zero-order chi connectivity index (χ0) is 14.5. The number of aromatic nitrogens is 2. The molecule has 0 spiro atoms. The Hall–Kier alpha value is -1.87. The number of rotatable bonds is 6. The largest absolute Gasteiger partial charge is 0.329 e. The first-order valence-corrected chi connectivity index (χ1v) is 7.07. The smallest absolute Gasteiger partial charge is 0.0958 e. The van der Waals surface area contributed by atoms with Crippen LogP contribution in [0.5, 0.6) is 0 Å². The fourth-order valence-electron chi connectivity index (χ4n) is 2.04. The lowest BCUT2D eigenvalue weighted by Gasteiger charge is -2.14. The van der Waals surface area contributed by atoms with Crippen LogP contribution in [0, 0.1) is 0 Å². The Morgan fingerprint density at radius 2 is 2.25 bits per heavy atom. The number of fused-ring (bicyclic) bond motifs is 1. The minimum Gasteiger partial charge on any atom is -0.329 e. The van der Waals surface area contributed by atoms with Crippen molar-refractivity contribution < 1.29 is 0 Å². The van der Waals surface area contributed by atoms with Crippen molar-refractivity contribution in [3.63, 3.8) is 0 Å². The van der Waals surface area contributed by atoms with E-state index in [1.165, 1.54) is 5.52 Å². The molecule has 0 aliphatic carbocycles. The van der Waals surface area contributed by atoms with Gasteiger partial charge >= 0.3 is 0 Å². The molecular weight excluding hydrogens is 246 g/mol. The minimum absolute atomic E-state index is 0.974. The predicted octanol–water partition coefficient (Wildman–Crippen LogP) is 3.58. The van der Waals surface area contributed by atoms with Gasteiger partial charge in [0, 0.05) is 13.1 Å². The van der Waals surface area contributed by atoms with Crippen LogP contribution in [0.25, 0.3) is 17.1 Å². The summed E-state index contributed by atoms with van der Waals surface area (Å²) in [6.45, 7) is 11.1. The van der Waals surface area contributed by atoms with Crippen LogP contribution in [0.4, 0.5) is 0 Å². The predicted molar refractivity (Wildman–Crippen MR) is 86.8 cm³/mol. The quantitative estimate of drug-likeness (QED) is 0.747. The van der Waals surface area contributed by atoms with Crippen molar-refractivity contribution >= 4 is 17.1 Å². The maximum absolute atomic E-state index is 4.50. The molecule has 0 saturated carbocycles. The van der Waals surface area contributed by atoms with Gasteiger partial charge in [0.1, 0.15) is 0 Å². The molecule has 0 aliphatic heterocycles. The third kappa shape index (κ3) is 3.58. The van der Waals surface area contributed by atoms with Crippen LogP contribution in [0.1, 0.15) is 19.4 Å². The fraction of sp³-hybridized carbons (Fsp3) is 0.353. The molecule has 0 atom stereocenters. The van der Waals surface area contributed by atoms with Gasteiger partial charge in [-0.25, -0.2) is 4.98 Å². The molecular formula is C17H23N3. The summed E-state index contributed by atoms with van der Waals surface area (Å²) >= 11 is 0. The summed E-state index contributed by atoms with van der Waals surface area (Å²) in [6, 6.07) is 6.39. The van der Waals surface area contributed by atoms with E-state index in [1.807, 2.05) is 19.3 Å². The number of hydrogen-bond acceptors (Lipinski definition) is 2. The zero-order valence-electron chi connectivity index (χ0n) is 12.6. The summed E-state index contributed by atoms with van der Waals surface area (Å²) in [4.78, 5) is 6.80. The van der Waals surface area contributed by atoms with Gasteiger partial charge in [-0.05, 0) is 38.2 Å². The summed E-state index contributed by atoms with van der Waals surface area (Å²) < 4.78 is 2.22. The maximum atomic E-state index is 4.50. The molecule has 1 aromatic heterocycles. The molecule has 0 fully saturated rings. The zero-order valence-corrected chi connectivity index (χ0v) is 12.6. The van der Waals surface area contributed by atoms with E-state index in [2.05, 4.69) is 59.3 Å².